The van der Waals surface area contributed by atoms with E-state index in [1.165, 1.54) is 16.5 Å². The number of hydrogen-bond acceptors (Lipinski definition) is 0. The Morgan fingerprint density at radius 3 is 2.44 bits per heavy atom. The molecule has 0 aliphatic rings. The topological polar surface area (TPSA) is 4.93 Å². The number of fused-ring (bicyclic) bond motifs is 1. The van der Waals surface area contributed by atoms with Crippen LogP contribution in [0.3, 0.4) is 0 Å². The van der Waals surface area contributed by atoms with Crippen LogP contribution in [0.4, 0.5) is 0 Å². The molecule has 0 fully saturated rings. The van der Waals surface area contributed by atoms with E-state index in [0.717, 1.165) is 5.69 Å². The van der Waals surface area contributed by atoms with Gasteiger partial charge in [-0.15, -0.1) is 5.73 Å². The lowest BCUT2D eigenvalue weighted by atomic mass is 10.1. The fraction of sp³-hybridized carbons (Fsp3) is 0. The zero-order valence-electron chi connectivity index (χ0n) is 10.0. The van der Waals surface area contributed by atoms with Crippen LogP contribution in [0.5, 0.6) is 0 Å². The molecule has 0 saturated carbocycles. The Hall–Kier alpha value is -2.50. The van der Waals surface area contributed by atoms with Crippen LogP contribution >= 0.6 is 0 Å². The van der Waals surface area contributed by atoms with Crippen molar-refractivity contribution >= 4 is 17.1 Å². The Bertz CT molecular complexity index is 729. The zero-order valence-corrected chi connectivity index (χ0v) is 10.0. The standard InChI is InChI=1S/C17H13N/c1-2-12-18-16-11-7-6-10-15(16)13-17(18)14-8-4-3-5-9-14/h3-13H,1H2. The second-order valence-corrected chi connectivity index (χ2v) is 4.16. The molecule has 1 aromatic heterocycles. The van der Waals surface area contributed by atoms with Gasteiger partial charge in [0.15, 0.2) is 0 Å². The number of aromatic nitrogens is 1. The maximum atomic E-state index is 3.68. The van der Waals surface area contributed by atoms with Crippen molar-refractivity contribution in [3.05, 3.63) is 73.0 Å². The second kappa shape index (κ2) is 4.40. The number of nitrogens with zero attached hydrogens (tertiary/aromatic N) is 1. The van der Waals surface area contributed by atoms with Crippen molar-refractivity contribution in [2.24, 2.45) is 0 Å². The lowest BCUT2D eigenvalue weighted by Crippen LogP contribution is -1.88. The predicted molar refractivity (Wildman–Crippen MR) is 77.3 cm³/mol. The summed E-state index contributed by atoms with van der Waals surface area (Å²) in [6.45, 7) is 3.68. The van der Waals surface area contributed by atoms with Crippen molar-refractivity contribution < 1.29 is 0 Å². The minimum absolute atomic E-state index is 1.16. The van der Waals surface area contributed by atoms with E-state index in [1.54, 1.807) is 0 Å². The van der Waals surface area contributed by atoms with Gasteiger partial charge in [-0.1, -0.05) is 55.1 Å². The molecule has 0 aliphatic carbocycles. The second-order valence-electron chi connectivity index (χ2n) is 4.16. The maximum Gasteiger partial charge on any atom is 0.0541 e. The van der Waals surface area contributed by atoms with E-state index in [1.807, 2.05) is 18.3 Å². The summed E-state index contributed by atoms with van der Waals surface area (Å²) in [5, 5.41) is 1.22. The first-order valence-electron chi connectivity index (χ1n) is 5.91. The minimum Gasteiger partial charge on any atom is -0.309 e. The van der Waals surface area contributed by atoms with E-state index in [0.29, 0.717) is 0 Å². The van der Waals surface area contributed by atoms with Crippen molar-refractivity contribution in [2.45, 2.75) is 0 Å². The van der Waals surface area contributed by atoms with Gasteiger partial charge in [0.25, 0.3) is 0 Å². The molecular weight excluding hydrogens is 218 g/mol. The molecule has 0 aliphatic heterocycles. The Morgan fingerprint density at radius 1 is 0.944 bits per heavy atom. The highest BCUT2D eigenvalue weighted by atomic mass is 15.0. The van der Waals surface area contributed by atoms with Gasteiger partial charge in [0, 0.05) is 5.39 Å². The normalized spacial score (nSPS) is 10.2. The summed E-state index contributed by atoms with van der Waals surface area (Å²) in [4.78, 5) is 0. The Kier molecular flexibility index (Phi) is 2.60. The number of para-hydroxylation sites is 1. The van der Waals surface area contributed by atoms with Crippen molar-refractivity contribution in [1.82, 2.24) is 4.57 Å². The van der Waals surface area contributed by atoms with Gasteiger partial charge in [0.2, 0.25) is 0 Å². The molecule has 0 saturated heterocycles. The molecule has 0 amide bonds. The Labute approximate surface area is 106 Å². The molecule has 3 rings (SSSR count). The van der Waals surface area contributed by atoms with Crippen LogP contribution in [0.1, 0.15) is 0 Å². The van der Waals surface area contributed by atoms with Gasteiger partial charge in [0.05, 0.1) is 17.4 Å². The summed E-state index contributed by atoms with van der Waals surface area (Å²) in [5.41, 5.74) is 6.39. The Morgan fingerprint density at radius 2 is 1.67 bits per heavy atom. The average Bonchev–Trinajstić information content (AvgIpc) is 2.80. The van der Waals surface area contributed by atoms with Crippen LogP contribution in [0.15, 0.2) is 73.0 Å². The van der Waals surface area contributed by atoms with E-state index in [9.17, 15) is 0 Å². The minimum atomic E-state index is 1.16. The number of benzene rings is 2. The summed E-state index contributed by atoms with van der Waals surface area (Å²) in [7, 11) is 0. The molecule has 18 heavy (non-hydrogen) atoms. The van der Waals surface area contributed by atoms with Crippen LogP contribution in [-0.4, -0.2) is 4.57 Å². The largest absolute Gasteiger partial charge is 0.309 e. The van der Waals surface area contributed by atoms with Gasteiger partial charge in [-0.2, -0.15) is 0 Å². The summed E-state index contributed by atoms with van der Waals surface area (Å²) in [5.74, 6) is 0. The van der Waals surface area contributed by atoms with Crippen LogP contribution in [0, 0.1) is 0 Å². The van der Waals surface area contributed by atoms with E-state index in [2.05, 4.69) is 65.4 Å². The van der Waals surface area contributed by atoms with Gasteiger partial charge in [-0.25, -0.2) is 0 Å². The van der Waals surface area contributed by atoms with Gasteiger partial charge < -0.3 is 4.57 Å². The van der Waals surface area contributed by atoms with Gasteiger partial charge in [0.1, 0.15) is 0 Å². The average molecular weight is 231 g/mol. The van der Waals surface area contributed by atoms with Gasteiger partial charge in [-0.05, 0) is 17.7 Å². The van der Waals surface area contributed by atoms with Gasteiger partial charge >= 0.3 is 0 Å². The predicted octanol–water partition coefficient (Wildman–Crippen LogP) is 4.56. The molecule has 3 aromatic rings. The van der Waals surface area contributed by atoms with Crippen molar-refractivity contribution in [3.8, 4) is 11.3 Å². The highest BCUT2D eigenvalue weighted by Gasteiger charge is 2.07. The molecule has 1 heteroatoms. The highest BCUT2D eigenvalue weighted by molar-refractivity contribution is 5.89. The van der Waals surface area contributed by atoms with Crippen LogP contribution < -0.4 is 0 Å². The Balaban J connectivity index is 2.35. The first-order valence-corrected chi connectivity index (χ1v) is 5.91. The molecule has 0 N–H and O–H groups in total. The fourth-order valence-corrected chi connectivity index (χ4v) is 2.24. The SMILES string of the molecule is C=C=Cn1c(-c2ccccc2)cc2ccccc21. The van der Waals surface area contributed by atoms with Crippen molar-refractivity contribution in [3.63, 3.8) is 0 Å². The van der Waals surface area contributed by atoms with Crippen LogP contribution in [0.2, 0.25) is 0 Å². The molecule has 0 unspecified atom stereocenters. The molecule has 0 atom stereocenters. The fourth-order valence-electron chi connectivity index (χ4n) is 2.24. The van der Waals surface area contributed by atoms with Crippen molar-refractivity contribution in [2.75, 3.05) is 0 Å². The van der Waals surface area contributed by atoms with Crippen LogP contribution in [0.25, 0.3) is 28.4 Å². The lowest BCUT2D eigenvalue weighted by molar-refractivity contribution is 1.23. The molecule has 86 valence electrons. The summed E-state index contributed by atoms with van der Waals surface area (Å²) in [6.07, 6.45) is 1.88. The maximum absolute atomic E-state index is 3.68. The summed E-state index contributed by atoms with van der Waals surface area (Å²) in [6, 6.07) is 20.9. The number of hydrogen-bond donors (Lipinski definition) is 0. The lowest BCUT2D eigenvalue weighted by Gasteiger charge is -2.04. The molecule has 0 bridgehead atoms. The molecular formula is C17H13N. The molecule has 2 aromatic carbocycles. The summed E-state index contributed by atoms with van der Waals surface area (Å²) >= 11 is 0. The third-order valence-corrected chi connectivity index (χ3v) is 3.04. The van der Waals surface area contributed by atoms with E-state index in [-0.39, 0.29) is 0 Å². The molecule has 0 spiro atoms. The monoisotopic (exact) mass is 231 g/mol. The smallest absolute Gasteiger partial charge is 0.0541 e. The third-order valence-electron chi connectivity index (χ3n) is 3.04. The summed E-state index contributed by atoms with van der Waals surface area (Å²) < 4.78 is 2.12. The first-order chi connectivity index (χ1) is 8.90. The highest BCUT2D eigenvalue weighted by Crippen LogP contribution is 2.28. The number of rotatable bonds is 2. The van der Waals surface area contributed by atoms with E-state index < -0.39 is 0 Å². The van der Waals surface area contributed by atoms with Crippen molar-refractivity contribution in [1.29, 1.82) is 0 Å². The van der Waals surface area contributed by atoms with E-state index >= 15 is 0 Å². The van der Waals surface area contributed by atoms with E-state index in [4.69, 9.17) is 0 Å². The first kappa shape index (κ1) is 10.6. The third kappa shape index (κ3) is 1.67. The van der Waals surface area contributed by atoms with Crippen LogP contribution in [-0.2, 0) is 0 Å². The quantitative estimate of drug-likeness (QED) is 0.569. The van der Waals surface area contributed by atoms with Gasteiger partial charge in [-0.3, -0.25) is 0 Å². The zero-order chi connectivity index (χ0) is 12.4. The molecule has 0 radical (unpaired) electrons. The molecule has 1 nitrogen and oxygen atoms in total. The molecule has 1 heterocycles.